The van der Waals surface area contributed by atoms with Crippen LogP contribution < -0.4 is 10.2 Å². The van der Waals surface area contributed by atoms with Gasteiger partial charge in [-0.2, -0.15) is 0 Å². The van der Waals surface area contributed by atoms with E-state index in [9.17, 15) is 14.4 Å². The van der Waals surface area contributed by atoms with Crippen LogP contribution in [0.1, 0.15) is 64.1 Å². The molecule has 0 unspecified atom stereocenters. The predicted octanol–water partition coefficient (Wildman–Crippen LogP) is 5.61. The Morgan fingerprint density at radius 1 is 0.825 bits per heavy atom. The SMILES string of the molecule is CC(C)(C)OC(=O)N1CC=C(c2coc(C(=O)Nc3ccc(N4CCN(C(=O)OC(C)(C)C)CC4)cc3)c2)CC1. The molecule has 3 amide bonds. The number of hydrogen-bond acceptors (Lipinski definition) is 7. The molecule has 0 saturated carbocycles. The summed E-state index contributed by atoms with van der Waals surface area (Å²) >= 11 is 0. The maximum absolute atomic E-state index is 12.8. The van der Waals surface area contributed by atoms with Crippen LogP contribution >= 0.6 is 0 Å². The first-order valence-electron chi connectivity index (χ1n) is 13.7. The molecule has 40 heavy (non-hydrogen) atoms. The standard InChI is InChI=1S/C30H40N4O6/c1-29(2,3)39-27(36)33-13-11-21(12-14-33)22-19-25(38-20-22)26(35)31-23-7-9-24(10-8-23)32-15-17-34(18-16-32)28(37)40-30(4,5)6/h7-11,19-20H,12-18H2,1-6H3,(H,31,35). The number of nitrogens with one attached hydrogen (secondary N) is 1. The summed E-state index contributed by atoms with van der Waals surface area (Å²) in [5.74, 6) is -0.121. The van der Waals surface area contributed by atoms with Crippen molar-refractivity contribution in [3.8, 4) is 0 Å². The lowest BCUT2D eigenvalue weighted by Crippen LogP contribution is -2.50. The van der Waals surface area contributed by atoms with Gasteiger partial charge in [-0.15, -0.1) is 0 Å². The fraction of sp³-hybridized carbons (Fsp3) is 0.500. The van der Waals surface area contributed by atoms with Crippen molar-refractivity contribution in [2.24, 2.45) is 0 Å². The molecule has 0 aliphatic carbocycles. The van der Waals surface area contributed by atoms with Gasteiger partial charge in [0.15, 0.2) is 5.76 Å². The zero-order valence-corrected chi connectivity index (χ0v) is 24.3. The van der Waals surface area contributed by atoms with Gasteiger partial charge in [0.2, 0.25) is 0 Å². The molecular weight excluding hydrogens is 512 g/mol. The quantitative estimate of drug-likeness (QED) is 0.525. The molecule has 1 N–H and O–H groups in total. The average molecular weight is 553 g/mol. The summed E-state index contributed by atoms with van der Waals surface area (Å²) < 4.78 is 16.5. The van der Waals surface area contributed by atoms with E-state index >= 15 is 0 Å². The molecule has 10 nitrogen and oxygen atoms in total. The highest BCUT2D eigenvalue weighted by Gasteiger charge is 2.27. The minimum Gasteiger partial charge on any atom is -0.459 e. The fourth-order valence-corrected chi connectivity index (χ4v) is 4.47. The summed E-state index contributed by atoms with van der Waals surface area (Å²) in [5, 5.41) is 2.88. The Labute approximate surface area is 235 Å². The van der Waals surface area contributed by atoms with E-state index in [1.807, 2.05) is 71.9 Å². The van der Waals surface area contributed by atoms with Gasteiger partial charge in [0.1, 0.15) is 11.2 Å². The van der Waals surface area contributed by atoms with Gasteiger partial charge in [0.05, 0.1) is 6.26 Å². The highest BCUT2D eigenvalue weighted by atomic mass is 16.6. The van der Waals surface area contributed by atoms with Crippen molar-refractivity contribution in [1.82, 2.24) is 9.80 Å². The summed E-state index contributed by atoms with van der Waals surface area (Å²) in [6.45, 7) is 14.7. The second-order valence-corrected chi connectivity index (χ2v) is 12.1. The predicted molar refractivity (Wildman–Crippen MR) is 154 cm³/mol. The maximum Gasteiger partial charge on any atom is 0.410 e. The number of rotatable bonds is 4. The third-order valence-corrected chi connectivity index (χ3v) is 6.48. The van der Waals surface area contributed by atoms with Gasteiger partial charge in [-0.1, -0.05) is 6.08 Å². The van der Waals surface area contributed by atoms with Crippen LogP contribution in [-0.2, 0) is 9.47 Å². The second kappa shape index (κ2) is 11.7. The lowest BCUT2D eigenvalue weighted by atomic mass is 10.0. The molecule has 1 saturated heterocycles. The monoisotopic (exact) mass is 552 g/mol. The van der Waals surface area contributed by atoms with Crippen LogP contribution in [0.5, 0.6) is 0 Å². The summed E-state index contributed by atoms with van der Waals surface area (Å²) in [6.07, 6.45) is 3.57. The van der Waals surface area contributed by atoms with Crippen molar-refractivity contribution in [3.05, 3.63) is 54.0 Å². The molecule has 0 radical (unpaired) electrons. The summed E-state index contributed by atoms with van der Waals surface area (Å²) in [5.41, 5.74) is 2.49. The normalized spacial score (nSPS) is 16.4. The topological polar surface area (TPSA) is 105 Å². The van der Waals surface area contributed by atoms with E-state index in [0.717, 1.165) is 16.8 Å². The van der Waals surface area contributed by atoms with Crippen molar-refractivity contribution in [1.29, 1.82) is 0 Å². The lowest BCUT2D eigenvalue weighted by molar-refractivity contribution is 0.0237. The Balaban J connectivity index is 1.28. The smallest absolute Gasteiger partial charge is 0.410 e. The largest absolute Gasteiger partial charge is 0.459 e. The molecule has 2 aliphatic heterocycles. The first-order chi connectivity index (χ1) is 18.8. The molecule has 0 bridgehead atoms. The van der Waals surface area contributed by atoms with Crippen LogP contribution in [-0.4, -0.2) is 78.4 Å². The van der Waals surface area contributed by atoms with Crippen molar-refractivity contribution < 1.29 is 28.3 Å². The zero-order chi connectivity index (χ0) is 29.1. The first kappa shape index (κ1) is 29.0. The number of nitrogens with zero attached hydrogens (tertiary/aromatic N) is 3. The molecule has 0 atom stereocenters. The van der Waals surface area contributed by atoms with Gasteiger partial charge in [-0.3, -0.25) is 4.79 Å². The molecule has 1 fully saturated rings. The van der Waals surface area contributed by atoms with E-state index in [1.165, 1.54) is 0 Å². The van der Waals surface area contributed by atoms with Crippen LogP contribution in [0.3, 0.4) is 0 Å². The van der Waals surface area contributed by atoms with E-state index in [0.29, 0.717) is 51.4 Å². The molecule has 3 heterocycles. The van der Waals surface area contributed by atoms with Gasteiger partial charge >= 0.3 is 12.2 Å². The number of benzene rings is 1. The number of ether oxygens (including phenoxy) is 2. The lowest BCUT2D eigenvalue weighted by Gasteiger charge is -2.36. The number of furan rings is 1. The van der Waals surface area contributed by atoms with Crippen molar-refractivity contribution in [3.63, 3.8) is 0 Å². The van der Waals surface area contributed by atoms with E-state index in [1.54, 1.807) is 22.1 Å². The zero-order valence-electron chi connectivity index (χ0n) is 24.3. The van der Waals surface area contributed by atoms with Gasteiger partial charge in [-0.25, -0.2) is 9.59 Å². The van der Waals surface area contributed by atoms with Gasteiger partial charge in [0, 0.05) is 56.2 Å². The van der Waals surface area contributed by atoms with E-state index in [4.69, 9.17) is 13.9 Å². The maximum atomic E-state index is 12.8. The molecule has 0 spiro atoms. The Hall–Kier alpha value is -3.95. The van der Waals surface area contributed by atoms with Gasteiger partial charge in [-0.05, 0) is 83.9 Å². The summed E-state index contributed by atoms with van der Waals surface area (Å²) in [7, 11) is 0. The summed E-state index contributed by atoms with van der Waals surface area (Å²) in [6, 6.07) is 9.34. The van der Waals surface area contributed by atoms with E-state index < -0.39 is 11.2 Å². The van der Waals surface area contributed by atoms with Crippen LogP contribution in [0.2, 0.25) is 0 Å². The minimum atomic E-state index is -0.535. The Bertz CT molecular complexity index is 1240. The van der Waals surface area contributed by atoms with Crippen molar-refractivity contribution in [2.75, 3.05) is 49.5 Å². The minimum absolute atomic E-state index is 0.216. The summed E-state index contributed by atoms with van der Waals surface area (Å²) in [4.78, 5) is 43.0. The van der Waals surface area contributed by atoms with Crippen LogP contribution in [0.15, 0.2) is 47.1 Å². The Morgan fingerprint density at radius 3 is 1.98 bits per heavy atom. The Morgan fingerprint density at radius 2 is 1.43 bits per heavy atom. The van der Waals surface area contributed by atoms with E-state index in [-0.39, 0.29) is 23.9 Å². The molecule has 1 aromatic carbocycles. The highest BCUT2D eigenvalue weighted by Crippen LogP contribution is 2.26. The number of piperazine rings is 1. The number of carbonyl (C=O) groups excluding carboxylic acids is 3. The number of anilines is 2. The average Bonchev–Trinajstić information content (AvgIpc) is 3.38. The van der Waals surface area contributed by atoms with Crippen molar-refractivity contribution in [2.45, 2.75) is 59.2 Å². The number of hydrogen-bond donors (Lipinski definition) is 1. The first-order valence-corrected chi connectivity index (χ1v) is 13.7. The van der Waals surface area contributed by atoms with Gasteiger partial charge < -0.3 is 33.9 Å². The molecule has 2 aliphatic rings. The Kier molecular flexibility index (Phi) is 8.46. The number of carbonyl (C=O) groups is 3. The van der Waals surface area contributed by atoms with E-state index in [2.05, 4.69) is 10.2 Å². The van der Waals surface area contributed by atoms with Gasteiger partial charge in [0.25, 0.3) is 5.91 Å². The molecule has 1 aromatic heterocycles. The fourth-order valence-electron chi connectivity index (χ4n) is 4.47. The molecule has 216 valence electrons. The molecule has 4 rings (SSSR count). The third kappa shape index (κ3) is 7.80. The van der Waals surface area contributed by atoms with Crippen molar-refractivity contribution >= 4 is 35.0 Å². The third-order valence-electron chi connectivity index (χ3n) is 6.48. The highest BCUT2D eigenvalue weighted by molar-refractivity contribution is 6.02. The van der Waals surface area contributed by atoms with Crippen LogP contribution in [0, 0.1) is 0 Å². The molecular formula is C30H40N4O6. The second-order valence-electron chi connectivity index (χ2n) is 12.1. The van der Waals surface area contributed by atoms with Crippen LogP contribution in [0.4, 0.5) is 21.0 Å². The molecule has 10 heteroatoms. The molecule has 2 aromatic rings. The number of amides is 3. The van der Waals surface area contributed by atoms with Crippen LogP contribution in [0.25, 0.3) is 5.57 Å².